The van der Waals surface area contributed by atoms with Crippen molar-refractivity contribution in [2.75, 3.05) is 14.2 Å². The third kappa shape index (κ3) is 3.75. The van der Waals surface area contributed by atoms with E-state index in [1.54, 1.807) is 26.0 Å². The van der Waals surface area contributed by atoms with Gasteiger partial charge in [0.05, 0.1) is 20.4 Å². The van der Waals surface area contributed by atoms with E-state index < -0.39 is 0 Å². The maximum Gasteiger partial charge on any atom is 0.247 e. The molecule has 2 aromatic rings. The molecule has 2 rings (SSSR count). The van der Waals surface area contributed by atoms with Crippen molar-refractivity contribution in [1.82, 2.24) is 9.97 Å². The van der Waals surface area contributed by atoms with Crippen molar-refractivity contribution in [3.05, 3.63) is 41.2 Å². The molecular formula is C13H13ClN2O2S. The van der Waals surface area contributed by atoms with Crippen LogP contribution in [0.15, 0.2) is 35.5 Å². The number of rotatable bonds is 5. The molecule has 0 amide bonds. The zero-order chi connectivity index (χ0) is 13.7. The summed E-state index contributed by atoms with van der Waals surface area (Å²) in [5.74, 6) is 2.07. The molecule has 0 spiro atoms. The number of hydrogen-bond acceptors (Lipinski definition) is 5. The number of halogens is 1. The van der Waals surface area contributed by atoms with E-state index in [1.807, 2.05) is 24.3 Å². The minimum atomic E-state index is 0.325. The van der Waals surface area contributed by atoms with Crippen LogP contribution < -0.4 is 9.47 Å². The fourth-order valence-electron chi connectivity index (χ4n) is 1.45. The summed E-state index contributed by atoms with van der Waals surface area (Å²) in [5, 5.41) is 1.05. The van der Waals surface area contributed by atoms with Crippen LogP contribution in [-0.4, -0.2) is 24.2 Å². The molecule has 6 heteroatoms. The van der Waals surface area contributed by atoms with Gasteiger partial charge in [-0.15, -0.1) is 0 Å². The molecule has 0 fully saturated rings. The third-order valence-corrected chi connectivity index (χ3v) is 3.62. The molecule has 100 valence electrons. The van der Waals surface area contributed by atoms with Crippen molar-refractivity contribution in [3.8, 4) is 11.6 Å². The molecule has 1 aromatic heterocycles. The van der Waals surface area contributed by atoms with Crippen molar-refractivity contribution in [2.24, 2.45) is 0 Å². The summed E-state index contributed by atoms with van der Waals surface area (Å²) in [5.41, 5.74) is 1.17. The summed E-state index contributed by atoms with van der Waals surface area (Å²) in [4.78, 5) is 8.29. The summed E-state index contributed by atoms with van der Waals surface area (Å²) < 4.78 is 10.3. The topological polar surface area (TPSA) is 44.2 Å². The molecular weight excluding hydrogens is 284 g/mol. The highest BCUT2D eigenvalue weighted by molar-refractivity contribution is 7.98. The van der Waals surface area contributed by atoms with Crippen molar-refractivity contribution in [1.29, 1.82) is 0 Å². The fourth-order valence-corrected chi connectivity index (χ4v) is 2.45. The zero-order valence-corrected chi connectivity index (χ0v) is 12.2. The molecule has 0 radical (unpaired) electrons. The average molecular weight is 297 g/mol. The molecule has 0 saturated heterocycles. The molecule has 0 aliphatic heterocycles. The maximum atomic E-state index is 5.77. The van der Waals surface area contributed by atoms with E-state index in [1.165, 1.54) is 11.8 Å². The van der Waals surface area contributed by atoms with Crippen molar-refractivity contribution in [2.45, 2.75) is 10.8 Å². The number of hydrogen-bond donors (Lipinski definition) is 0. The molecule has 0 N–H and O–H groups in total. The van der Waals surface area contributed by atoms with Gasteiger partial charge in [0.1, 0.15) is 5.75 Å². The smallest absolute Gasteiger partial charge is 0.247 e. The Morgan fingerprint density at radius 3 is 2.53 bits per heavy atom. The lowest BCUT2D eigenvalue weighted by Crippen LogP contribution is -1.94. The van der Waals surface area contributed by atoms with Crippen molar-refractivity contribution < 1.29 is 9.47 Å². The van der Waals surface area contributed by atoms with Gasteiger partial charge in [-0.25, -0.2) is 4.98 Å². The number of methoxy groups -OCH3 is 2. The summed E-state index contributed by atoms with van der Waals surface area (Å²) in [6.45, 7) is 0. The molecule has 1 heterocycles. The van der Waals surface area contributed by atoms with E-state index in [2.05, 4.69) is 9.97 Å². The summed E-state index contributed by atoms with van der Waals surface area (Å²) >= 11 is 7.32. The first kappa shape index (κ1) is 14.0. The van der Waals surface area contributed by atoms with E-state index in [0.717, 1.165) is 16.5 Å². The highest BCUT2D eigenvalue weighted by atomic mass is 35.5. The van der Waals surface area contributed by atoms with E-state index in [0.29, 0.717) is 11.0 Å². The van der Waals surface area contributed by atoms with E-state index in [9.17, 15) is 0 Å². The fraction of sp³-hybridized carbons (Fsp3) is 0.231. The van der Waals surface area contributed by atoms with Crippen molar-refractivity contribution in [3.63, 3.8) is 0 Å². The molecule has 0 saturated carbocycles. The van der Waals surface area contributed by atoms with Gasteiger partial charge in [-0.1, -0.05) is 35.5 Å². The van der Waals surface area contributed by atoms with E-state index in [-0.39, 0.29) is 0 Å². The molecule has 0 aliphatic carbocycles. The number of ether oxygens (including phenoxy) is 2. The van der Waals surface area contributed by atoms with Crippen LogP contribution in [0.5, 0.6) is 11.6 Å². The Balaban J connectivity index is 2.05. The SMILES string of the molecule is COc1ccc(CSc2ncc(Cl)nc2OC)cc1. The monoisotopic (exact) mass is 296 g/mol. The van der Waals surface area contributed by atoms with Gasteiger partial charge in [0.25, 0.3) is 0 Å². The highest BCUT2D eigenvalue weighted by Crippen LogP contribution is 2.29. The van der Waals surface area contributed by atoms with Crippen LogP contribution in [0.2, 0.25) is 5.15 Å². The van der Waals surface area contributed by atoms with Crippen LogP contribution >= 0.6 is 23.4 Å². The van der Waals surface area contributed by atoms with Gasteiger partial charge in [-0.3, -0.25) is 0 Å². The Labute approximate surface area is 121 Å². The lowest BCUT2D eigenvalue weighted by Gasteiger charge is -2.06. The minimum absolute atomic E-state index is 0.325. The highest BCUT2D eigenvalue weighted by Gasteiger charge is 2.08. The van der Waals surface area contributed by atoms with E-state index in [4.69, 9.17) is 21.1 Å². The minimum Gasteiger partial charge on any atom is -0.497 e. The van der Waals surface area contributed by atoms with Gasteiger partial charge >= 0.3 is 0 Å². The predicted octanol–water partition coefficient (Wildman–Crippen LogP) is 3.44. The second kappa shape index (κ2) is 6.63. The third-order valence-electron chi connectivity index (χ3n) is 2.41. The molecule has 19 heavy (non-hydrogen) atoms. The van der Waals surface area contributed by atoms with Gasteiger partial charge in [0, 0.05) is 5.75 Å². The zero-order valence-electron chi connectivity index (χ0n) is 10.6. The number of aromatic nitrogens is 2. The first-order valence-corrected chi connectivity index (χ1v) is 6.91. The Hall–Kier alpha value is -1.46. The number of thioether (sulfide) groups is 1. The van der Waals surface area contributed by atoms with Gasteiger partial charge < -0.3 is 9.47 Å². The second-order valence-corrected chi connectivity index (χ2v) is 5.00. The van der Waals surface area contributed by atoms with Crippen molar-refractivity contribution >= 4 is 23.4 Å². The van der Waals surface area contributed by atoms with Crippen LogP contribution in [-0.2, 0) is 5.75 Å². The van der Waals surface area contributed by atoms with Crippen LogP contribution in [0.4, 0.5) is 0 Å². The maximum absolute atomic E-state index is 5.77. The molecule has 0 atom stereocenters. The van der Waals surface area contributed by atoms with E-state index >= 15 is 0 Å². The molecule has 0 aliphatic rings. The Bertz CT molecular complexity index is 549. The molecule has 0 unspecified atom stereocenters. The summed E-state index contributed by atoms with van der Waals surface area (Å²) in [6, 6.07) is 7.89. The Morgan fingerprint density at radius 1 is 1.16 bits per heavy atom. The van der Waals surface area contributed by atoms with Crippen LogP contribution in [0.1, 0.15) is 5.56 Å². The normalized spacial score (nSPS) is 10.3. The lowest BCUT2D eigenvalue weighted by atomic mass is 10.2. The standard InChI is InChI=1S/C13H13ClN2O2S/c1-17-10-5-3-9(4-6-10)8-19-13-12(18-2)16-11(14)7-15-13/h3-7H,8H2,1-2H3. The van der Waals surface area contributed by atoms with Crippen LogP contribution in [0, 0.1) is 0 Å². The van der Waals surface area contributed by atoms with Crippen LogP contribution in [0.25, 0.3) is 0 Å². The second-order valence-electron chi connectivity index (χ2n) is 3.64. The largest absolute Gasteiger partial charge is 0.497 e. The van der Waals surface area contributed by atoms with Gasteiger partial charge in [0.2, 0.25) is 5.88 Å². The van der Waals surface area contributed by atoms with Gasteiger partial charge in [-0.05, 0) is 17.7 Å². The predicted molar refractivity (Wildman–Crippen MR) is 76.1 cm³/mol. The number of nitrogens with zero attached hydrogens (tertiary/aromatic N) is 2. The summed E-state index contributed by atoms with van der Waals surface area (Å²) in [7, 11) is 3.20. The van der Waals surface area contributed by atoms with Crippen LogP contribution in [0.3, 0.4) is 0 Å². The first-order valence-electron chi connectivity index (χ1n) is 5.55. The lowest BCUT2D eigenvalue weighted by molar-refractivity contribution is 0.382. The first-order chi connectivity index (χ1) is 9.22. The van der Waals surface area contributed by atoms with Gasteiger partial charge in [0.15, 0.2) is 10.2 Å². The Morgan fingerprint density at radius 2 is 1.89 bits per heavy atom. The molecule has 1 aromatic carbocycles. The molecule has 4 nitrogen and oxygen atoms in total. The number of benzene rings is 1. The quantitative estimate of drug-likeness (QED) is 0.791. The summed E-state index contributed by atoms with van der Waals surface area (Å²) in [6.07, 6.45) is 1.51. The Kier molecular flexibility index (Phi) is 4.87. The average Bonchev–Trinajstić information content (AvgIpc) is 2.46. The molecule has 0 bridgehead atoms. The van der Waals surface area contributed by atoms with Gasteiger partial charge in [-0.2, -0.15) is 4.98 Å².